The third kappa shape index (κ3) is 3.02. The Morgan fingerprint density at radius 1 is 1.61 bits per heavy atom. The number of nitrogens with one attached hydrogen (secondary N) is 1. The molecule has 0 unspecified atom stereocenters. The predicted octanol–water partition coefficient (Wildman–Crippen LogP) is 1.55. The Kier molecular flexibility index (Phi) is 4.48. The molecule has 0 radical (unpaired) electrons. The van der Waals surface area contributed by atoms with Crippen molar-refractivity contribution in [1.29, 1.82) is 0 Å². The van der Waals surface area contributed by atoms with Crippen LogP contribution in [0, 0.1) is 0 Å². The van der Waals surface area contributed by atoms with Crippen molar-refractivity contribution in [3.8, 4) is 5.88 Å². The number of fused-ring (bicyclic) bond motifs is 1. The molecule has 1 N–H and O–H groups in total. The minimum absolute atomic E-state index is 0.0778. The summed E-state index contributed by atoms with van der Waals surface area (Å²) in [6, 6.07) is 3.32. The lowest BCUT2D eigenvalue weighted by Crippen LogP contribution is -2.49. The number of amides is 2. The number of pyridine rings is 1. The summed E-state index contributed by atoms with van der Waals surface area (Å²) in [7, 11) is 0. The Bertz CT molecular complexity index is 624. The first kappa shape index (κ1) is 16.1. The van der Waals surface area contributed by atoms with Gasteiger partial charge in [0.15, 0.2) is 0 Å². The molecule has 2 fully saturated rings. The van der Waals surface area contributed by atoms with E-state index >= 15 is 0 Å². The Hall–Kier alpha value is -1.76. The van der Waals surface area contributed by atoms with E-state index in [1.807, 2.05) is 26.0 Å². The number of ether oxygens (including phenoxy) is 1. The molecule has 124 valence electrons. The molecule has 2 aliphatic heterocycles. The van der Waals surface area contributed by atoms with Gasteiger partial charge in [-0.2, -0.15) is 0 Å². The van der Waals surface area contributed by atoms with Crippen LogP contribution in [0.5, 0.6) is 5.88 Å². The smallest absolute Gasteiger partial charge is 0.243 e. The van der Waals surface area contributed by atoms with Crippen LogP contribution >= 0.6 is 11.8 Å². The van der Waals surface area contributed by atoms with Gasteiger partial charge in [0.2, 0.25) is 17.7 Å². The second-order valence-electron chi connectivity index (χ2n) is 5.88. The summed E-state index contributed by atoms with van der Waals surface area (Å²) in [4.78, 5) is 30.4. The van der Waals surface area contributed by atoms with Crippen LogP contribution in [0.15, 0.2) is 18.3 Å². The fourth-order valence-corrected chi connectivity index (χ4v) is 4.57. The predicted molar refractivity (Wildman–Crippen MR) is 88.0 cm³/mol. The highest BCUT2D eigenvalue weighted by Crippen LogP contribution is 2.47. The summed E-state index contributed by atoms with van der Waals surface area (Å²) in [6.07, 6.45) is 3.01. The molecular weight excluding hydrogens is 314 g/mol. The zero-order valence-corrected chi connectivity index (χ0v) is 14.2. The van der Waals surface area contributed by atoms with E-state index in [-0.39, 0.29) is 22.7 Å². The van der Waals surface area contributed by atoms with E-state index in [2.05, 4.69) is 10.3 Å². The first-order valence-electron chi connectivity index (χ1n) is 7.85. The normalized spacial score (nSPS) is 26.3. The molecule has 2 aliphatic rings. The number of hydrogen-bond acceptors (Lipinski definition) is 5. The molecule has 2 amide bonds. The fraction of sp³-hybridized carbons (Fsp3) is 0.562. The van der Waals surface area contributed by atoms with Gasteiger partial charge < -0.3 is 15.0 Å². The van der Waals surface area contributed by atoms with Crippen molar-refractivity contribution in [2.24, 2.45) is 0 Å². The molecule has 3 heterocycles. The molecule has 2 saturated heterocycles. The average Bonchev–Trinajstić information content (AvgIpc) is 3.03. The second-order valence-corrected chi connectivity index (χ2v) is 7.39. The highest BCUT2D eigenvalue weighted by atomic mass is 32.2. The van der Waals surface area contributed by atoms with E-state index in [1.165, 1.54) is 0 Å². The summed E-state index contributed by atoms with van der Waals surface area (Å²) in [5, 5.41) is 2.92. The van der Waals surface area contributed by atoms with Gasteiger partial charge in [-0.15, -0.1) is 11.8 Å². The Morgan fingerprint density at radius 3 is 3.22 bits per heavy atom. The van der Waals surface area contributed by atoms with Crippen molar-refractivity contribution in [1.82, 2.24) is 15.2 Å². The van der Waals surface area contributed by atoms with E-state index in [4.69, 9.17) is 4.74 Å². The Labute approximate surface area is 140 Å². The maximum absolute atomic E-state index is 12.5. The van der Waals surface area contributed by atoms with Crippen LogP contribution in [0.3, 0.4) is 0 Å². The van der Waals surface area contributed by atoms with Gasteiger partial charge in [0.1, 0.15) is 6.04 Å². The molecule has 0 saturated carbocycles. The number of rotatable bonds is 5. The summed E-state index contributed by atoms with van der Waals surface area (Å²) in [5.74, 6) is 1.16. The quantitative estimate of drug-likeness (QED) is 0.884. The standard InChI is InChI=1S/C16H21N3O3S/c1-3-22-15-11(5-4-8-17-15)9-18-14(21)12-10-23-16(2)7-6-13(20)19(12)16/h4-5,8,12H,3,6-7,9-10H2,1-2H3,(H,18,21)/t12-,16+/m0/s1. The number of carbonyl (C=O) groups is 2. The summed E-state index contributed by atoms with van der Waals surface area (Å²) < 4.78 is 5.47. The summed E-state index contributed by atoms with van der Waals surface area (Å²) >= 11 is 1.70. The van der Waals surface area contributed by atoms with Gasteiger partial charge in [-0.3, -0.25) is 9.59 Å². The number of nitrogens with zero attached hydrogens (tertiary/aromatic N) is 2. The first-order chi connectivity index (χ1) is 11.0. The zero-order chi connectivity index (χ0) is 16.4. The van der Waals surface area contributed by atoms with Gasteiger partial charge in [0.05, 0.1) is 11.5 Å². The topological polar surface area (TPSA) is 71.5 Å². The Morgan fingerprint density at radius 2 is 2.43 bits per heavy atom. The first-order valence-corrected chi connectivity index (χ1v) is 8.84. The lowest BCUT2D eigenvalue weighted by molar-refractivity contribution is -0.138. The lowest BCUT2D eigenvalue weighted by atomic mass is 10.2. The van der Waals surface area contributed by atoms with Gasteiger partial charge >= 0.3 is 0 Å². The highest BCUT2D eigenvalue weighted by Gasteiger charge is 2.52. The van der Waals surface area contributed by atoms with Crippen LogP contribution in [0.1, 0.15) is 32.3 Å². The lowest BCUT2D eigenvalue weighted by Gasteiger charge is -2.29. The van der Waals surface area contributed by atoms with Crippen LogP contribution < -0.4 is 10.1 Å². The summed E-state index contributed by atoms with van der Waals surface area (Å²) in [6.45, 7) is 4.82. The van der Waals surface area contributed by atoms with Crippen molar-refractivity contribution in [3.05, 3.63) is 23.9 Å². The molecule has 3 rings (SSSR count). The Balaban J connectivity index is 1.65. The average molecular weight is 335 g/mol. The molecule has 0 bridgehead atoms. The molecule has 2 atom stereocenters. The second kappa shape index (κ2) is 6.39. The number of aromatic nitrogens is 1. The molecular formula is C16H21N3O3S. The number of thioether (sulfide) groups is 1. The van der Waals surface area contributed by atoms with E-state index in [0.29, 0.717) is 31.2 Å². The van der Waals surface area contributed by atoms with Crippen molar-refractivity contribution in [2.75, 3.05) is 12.4 Å². The van der Waals surface area contributed by atoms with Gasteiger partial charge in [0.25, 0.3) is 0 Å². The van der Waals surface area contributed by atoms with Crippen LogP contribution in [-0.4, -0.2) is 45.0 Å². The largest absolute Gasteiger partial charge is 0.478 e. The van der Waals surface area contributed by atoms with Crippen LogP contribution in [0.2, 0.25) is 0 Å². The van der Waals surface area contributed by atoms with E-state index < -0.39 is 0 Å². The molecule has 23 heavy (non-hydrogen) atoms. The highest BCUT2D eigenvalue weighted by molar-refractivity contribution is 8.01. The van der Waals surface area contributed by atoms with Crippen LogP contribution in [0.25, 0.3) is 0 Å². The molecule has 0 aromatic carbocycles. The molecule has 0 spiro atoms. The van der Waals surface area contributed by atoms with Gasteiger partial charge in [0, 0.05) is 30.5 Å². The van der Waals surface area contributed by atoms with Crippen molar-refractivity contribution in [3.63, 3.8) is 0 Å². The minimum Gasteiger partial charge on any atom is -0.478 e. The maximum Gasteiger partial charge on any atom is 0.243 e. The number of carbonyl (C=O) groups excluding carboxylic acids is 2. The number of hydrogen-bond donors (Lipinski definition) is 1. The van der Waals surface area contributed by atoms with E-state index in [0.717, 1.165) is 12.0 Å². The third-order valence-electron chi connectivity index (χ3n) is 4.33. The molecule has 1 aromatic rings. The van der Waals surface area contributed by atoms with Crippen molar-refractivity contribution >= 4 is 23.6 Å². The molecule has 1 aromatic heterocycles. The van der Waals surface area contributed by atoms with Crippen LogP contribution in [-0.2, 0) is 16.1 Å². The molecule has 6 nitrogen and oxygen atoms in total. The molecule has 7 heteroatoms. The fourth-order valence-electron chi connectivity index (χ4n) is 3.14. The van der Waals surface area contributed by atoms with Gasteiger partial charge in [-0.25, -0.2) is 4.98 Å². The monoisotopic (exact) mass is 335 g/mol. The van der Waals surface area contributed by atoms with Crippen molar-refractivity contribution < 1.29 is 14.3 Å². The zero-order valence-electron chi connectivity index (χ0n) is 13.4. The third-order valence-corrected chi connectivity index (χ3v) is 5.84. The maximum atomic E-state index is 12.5. The molecule has 0 aliphatic carbocycles. The SMILES string of the molecule is CCOc1ncccc1CNC(=O)[C@@H]1CS[C@]2(C)CCC(=O)N12. The van der Waals surface area contributed by atoms with E-state index in [9.17, 15) is 9.59 Å². The van der Waals surface area contributed by atoms with Crippen LogP contribution in [0.4, 0.5) is 0 Å². The van der Waals surface area contributed by atoms with E-state index in [1.54, 1.807) is 22.9 Å². The van der Waals surface area contributed by atoms with Gasteiger partial charge in [-0.05, 0) is 26.3 Å². The minimum atomic E-state index is -0.382. The van der Waals surface area contributed by atoms with Crippen molar-refractivity contribution in [2.45, 2.75) is 44.1 Å². The summed E-state index contributed by atoms with van der Waals surface area (Å²) in [5.41, 5.74) is 0.837. The van der Waals surface area contributed by atoms with Gasteiger partial charge in [-0.1, -0.05) is 6.07 Å².